The Morgan fingerprint density at radius 2 is 1.78 bits per heavy atom. The van der Waals surface area contributed by atoms with Crippen LogP contribution in [0.25, 0.3) is 0 Å². The summed E-state index contributed by atoms with van der Waals surface area (Å²) >= 11 is 0. The molecule has 1 heterocycles. The van der Waals surface area contributed by atoms with Gasteiger partial charge in [0.05, 0.1) is 11.4 Å². The molecule has 9 nitrogen and oxygen atoms in total. The molecule has 196 valence electrons. The fourth-order valence-corrected chi connectivity index (χ4v) is 4.87. The van der Waals surface area contributed by atoms with Crippen LogP contribution in [-0.4, -0.2) is 56.3 Å². The highest BCUT2D eigenvalue weighted by Crippen LogP contribution is 2.36. The summed E-state index contributed by atoms with van der Waals surface area (Å²) in [6.45, 7) is 8.74. The first-order valence-corrected chi connectivity index (χ1v) is 13.7. The van der Waals surface area contributed by atoms with Crippen molar-refractivity contribution < 1.29 is 27.5 Å². The maximum Gasteiger partial charge on any atom is 0.244 e. The minimum Gasteiger partial charge on any atom is -0.454 e. The number of ether oxygens (including phenoxy) is 2. The molecule has 1 N–H and O–H groups in total. The number of amides is 2. The van der Waals surface area contributed by atoms with Crippen LogP contribution in [0.4, 0.5) is 5.69 Å². The van der Waals surface area contributed by atoms with Crippen molar-refractivity contribution >= 4 is 27.5 Å². The van der Waals surface area contributed by atoms with Crippen LogP contribution in [0.5, 0.6) is 11.5 Å². The number of carbonyl (C=O) groups is 2. The fourth-order valence-electron chi connectivity index (χ4n) is 3.82. The van der Waals surface area contributed by atoms with Gasteiger partial charge in [-0.2, -0.15) is 0 Å². The molecule has 0 spiro atoms. The van der Waals surface area contributed by atoms with Gasteiger partial charge in [-0.1, -0.05) is 36.8 Å². The van der Waals surface area contributed by atoms with Crippen LogP contribution < -0.4 is 19.1 Å². The average Bonchev–Trinajstić information content (AvgIpc) is 3.33. The summed E-state index contributed by atoms with van der Waals surface area (Å²) in [5.41, 5.74) is 2.16. The number of aryl methyl sites for hydroxylation is 1. The van der Waals surface area contributed by atoms with Crippen molar-refractivity contribution in [3.8, 4) is 11.5 Å². The molecular formula is C26H35N3O6S. The number of nitrogens with one attached hydrogen (secondary N) is 1. The Labute approximate surface area is 213 Å². The van der Waals surface area contributed by atoms with E-state index in [1.165, 1.54) is 11.8 Å². The second kappa shape index (κ2) is 11.6. The number of hydrogen-bond acceptors (Lipinski definition) is 6. The Hall–Kier alpha value is -3.27. The van der Waals surface area contributed by atoms with Gasteiger partial charge in [0.15, 0.2) is 11.5 Å². The van der Waals surface area contributed by atoms with Crippen molar-refractivity contribution in [1.29, 1.82) is 0 Å². The van der Waals surface area contributed by atoms with Gasteiger partial charge in [-0.3, -0.25) is 13.9 Å². The number of anilines is 1. The fraction of sp³-hybridized carbons (Fsp3) is 0.462. The lowest BCUT2D eigenvalue weighted by atomic mass is 10.1. The molecule has 0 radical (unpaired) electrons. The van der Waals surface area contributed by atoms with E-state index >= 15 is 0 Å². The summed E-state index contributed by atoms with van der Waals surface area (Å²) in [6, 6.07) is 11.5. The van der Waals surface area contributed by atoms with E-state index in [0.717, 1.165) is 21.9 Å². The lowest BCUT2D eigenvalue weighted by Gasteiger charge is -2.32. The maximum atomic E-state index is 13.7. The summed E-state index contributed by atoms with van der Waals surface area (Å²) in [5, 5.41) is 2.92. The van der Waals surface area contributed by atoms with Gasteiger partial charge in [0.2, 0.25) is 28.6 Å². The normalized spacial score (nSPS) is 14.1. The highest BCUT2D eigenvalue weighted by Gasteiger charge is 2.32. The predicted octanol–water partition coefficient (Wildman–Crippen LogP) is 3.21. The first-order valence-electron chi connectivity index (χ1n) is 12.1. The summed E-state index contributed by atoms with van der Waals surface area (Å²) in [6.07, 6.45) is 0.747. The average molecular weight is 518 g/mol. The van der Waals surface area contributed by atoms with E-state index in [0.29, 0.717) is 17.2 Å². The zero-order valence-electron chi connectivity index (χ0n) is 21.5. The van der Waals surface area contributed by atoms with Crippen molar-refractivity contribution in [2.24, 2.45) is 0 Å². The largest absolute Gasteiger partial charge is 0.454 e. The molecule has 2 aromatic carbocycles. The second-order valence-corrected chi connectivity index (χ2v) is 11.1. The SMILES string of the molecule is CC[C@@H](C)NC(=O)[C@@H](C)N(Cc1cccc(C)c1)C(=O)CN(c1ccc2c(c1)OCO2)S(=O)(=O)CC. The third kappa shape index (κ3) is 6.48. The maximum absolute atomic E-state index is 13.7. The Balaban J connectivity index is 1.94. The van der Waals surface area contributed by atoms with E-state index in [2.05, 4.69) is 5.32 Å². The molecule has 0 saturated heterocycles. The van der Waals surface area contributed by atoms with E-state index in [4.69, 9.17) is 9.47 Å². The number of carbonyl (C=O) groups excluding carboxylic acids is 2. The molecule has 1 aliphatic heterocycles. The van der Waals surface area contributed by atoms with Crippen LogP contribution in [-0.2, 0) is 26.2 Å². The highest BCUT2D eigenvalue weighted by atomic mass is 32.2. The number of rotatable bonds is 11. The molecule has 1 aliphatic rings. The Morgan fingerprint density at radius 1 is 1.06 bits per heavy atom. The molecule has 0 aromatic heterocycles. The van der Waals surface area contributed by atoms with Crippen molar-refractivity contribution in [2.75, 3.05) is 23.4 Å². The third-order valence-corrected chi connectivity index (χ3v) is 7.97. The Bertz CT molecular complexity index is 1200. The van der Waals surface area contributed by atoms with Crippen LogP contribution in [0.1, 0.15) is 45.2 Å². The Morgan fingerprint density at radius 3 is 2.44 bits per heavy atom. The van der Waals surface area contributed by atoms with Crippen molar-refractivity contribution in [3.63, 3.8) is 0 Å². The lowest BCUT2D eigenvalue weighted by Crippen LogP contribution is -2.52. The van der Waals surface area contributed by atoms with Crippen LogP contribution in [0.2, 0.25) is 0 Å². The van der Waals surface area contributed by atoms with Crippen LogP contribution in [0.3, 0.4) is 0 Å². The molecule has 3 rings (SSSR count). The minimum atomic E-state index is -3.82. The van der Waals surface area contributed by atoms with Crippen LogP contribution in [0, 0.1) is 6.92 Å². The molecular weight excluding hydrogens is 482 g/mol. The van der Waals surface area contributed by atoms with E-state index in [1.807, 2.05) is 45.0 Å². The van der Waals surface area contributed by atoms with Gasteiger partial charge in [0.25, 0.3) is 0 Å². The summed E-state index contributed by atoms with van der Waals surface area (Å²) in [5.74, 6) is -0.0581. The van der Waals surface area contributed by atoms with E-state index in [9.17, 15) is 18.0 Å². The molecule has 2 aromatic rings. The number of nitrogens with zero attached hydrogens (tertiary/aromatic N) is 2. The summed E-state index contributed by atoms with van der Waals surface area (Å²) in [4.78, 5) is 28.1. The number of benzene rings is 2. The molecule has 2 amide bonds. The van der Waals surface area contributed by atoms with Crippen LogP contribution >= 0.6 is 0 Å². The van der Waals surface area contributed by atoms with Gasteiger partial charge in [0.1, 0.15) is 12.6 Å². The zero-order valence-corrected chi connectivity index (χ0v) is 22.3. The van der Waals surface area contributed by atoms with Gasteiger partial charge >= 0.3 is 0 Å². The molecule has 0 bridgehead atoms. The molecule has 36 heavy (non-hydrogen) atoms. The van der Waals surface area contributed by atoms with Gasteiger partial charge in [-0.05, 0) is 51.8 Å². The number of sulfonamides is 1. The minimum absolute atomic E-state index is 0.0469. The number of hydrogen-bond donors (Lipinski definition) is 1. The molecule has 0 unspecified atom stereocenters. The van der Waals surface area contributed by atoms with E-state index in [-0.39, 0.29) is 31.0 Å². The monoisotopic (exact) mass is 517 g/mol. The first kappa shape index (κ1) is 27.3. The third-order valence-electron chi connectivity index (χ3n) is 6.23. The second-order valence-electron chi connectivity index (χ2n) is 8.95. The molecule has 0 saturated carbocycles. The van der Waals surface area contributed by atoms with Crippen molar-refractivity contribution in [2.45, 2.75) is 59.7 Å². The standard InChI is InChI=1S/C26H35N3O6S/c1-6-19(4)27-26(31)20(5)28(15-21-10-8-9-18(3)13-21)25(30)16-29(36(32,33)7-2)22-11-12-23-24(14-22)35-17-34-23/h8-14,19-20H,6-7,15-17H2,1-5H3,(H,27,31)/t19-,20-/m1/s1. The molecule has 10 heteroatoms. The lowest BCUT2D eigenvalue weighted by molar-refractivity contribution is -0.139. The van der Waals surface area contributed by atoms with Crippen molar-refractivity contribution in [3.05, 3.63) is 53.6 Å². The van der Waals surface area contributed by atoms with Crippen molar-refractivity contribution in [1.82, 2.24) is 10.2 Å². The molecule has 2 atom stereocenters. The molecule has 0 aliphatic carbocycles. The quantitative estimate of drug-likeness (QED) is 0.491. The highest BCUT2D eigenvalue weighted by molar-refractivity contribution is 7.92. The Kier molecular flexibility index (Phi) is 8.84. The van der Waals surface area contributed by atoms with E-state index in [1.54, 1.807) is 25.1 Å². The first-order chi connectivity index (χ1) is 17.1. The summed E-state index contributed by atoms with van der Waals surface area (Å²) in [7, 11) is -3.82. The van der Waals surface area contributed by atoms with Gasteiger partial charge < -0.3 is 19.7 Å². The summed E-state index contributed by atoms with van der Waals surface area (Å²) < 4.78 is 37.9. The zero-order chi connectivity index (χ0) is 26.5. The number of fused-ring (bicyclic) bond motifs is 1. The van der Waals surface area contributed by atoms with Gasteiger partial charge in [0, 0.05) is 18.7 Å². The smallest absolute Gasteiger partial charge is 0.244 e. The predicted molar refractivity (Wildman–Crippen MR) is 138 cm³/mol. The van der Waals surface area contributed by atoms with E-state index < -0.39 is 28.5 Å². The van der Waals surface area contributed by atoms with Gasteiger partial charge in [-0.25, -0.2) is 8.42 Å². The van der Waals surface area contributed by atoms with Gasteiger partial charge in [-0.15, -0.1) is 0 Å². The van der Waals surface area contributed by atoms with Crippen LogP contribution in [0.15, 0.2) is 42.5 Å². The topological polar surface area (TPSA) is 105 Å². The molecule has 0 fully saturated rings.